The molecule has 0 bridgehead atoms. The third kappa shape index (κ3) is 4.62. The molecule has 60 valence electrons. The number of alkyl halides is 1. The van der Waals surface area contributed by atoms with Gasteiger partial charge in [0.05, 0.1) is 0 Å². The van der Waals surface area contributed by atoms with Crippen molar-refractivity contribution in [2.75, 3.05) is 13.6 Å². The molecule has 1 unspecified atom stereocenters. The molecule has 0 aromatic rings. The minimum Gasteiger partial charge on any atom is -0.346 e. The highest BCUT2D eigenvalue weighted by atomic mass is 35.5. The minimum atomic E-state index is 0.0947. The Kier molecular flexibility index (Phi) is 4.45. The van der Waals surface area contributed by atoms with Gasteiger partial charge in [-0.2, -0.15) is 0 Å². The number of carbonyl (C=O) groups excluding carboxylic acids is 1. The molecule has 0 fully saturated rings. The lowest BCUT2D eigenvalue weighted by Gasteiger charge is -2.14. The molecule has 0 N–H and O–H groups in total. The first-order chi connectivity index (χ1) is 4.54. The van der Waals surface area contributed by atoms with Crippen LogP contribution in [-0.4, -0.2) is 29.8 Å². The summed E-state index contributed by atoms with van der Waals surface area (Å²) in [5.41, 5.74) is 0. The maximum atomic E-state index is 10.6. The van der Waals surface area contributed by atoms with E-state index in [1.54, 1.807) is 18.9 Å². The van der Waals surface area contributed by atoms with Crippen LogP contribution in [0.4, 0.5) is 0 Å². The number of hydrogen-bond donors (Lipinski definition) is 0. The van der Waals surface area contributed by atoms with Gasteiger partial charge in [0.2, 0.25) is 5.91 Å². The molecule has 0 saturated carbocycles. The second kappa shape index (κ2) is 4.56. The van der Waals surface area contributed by atoms with Gasteiger partial charge in [-0.15, -0.1) is 11.6 Å². The molecule has 2 nitrogen and oxygen atoms in total. The van der Waals surface area contributed by atoms with E-state index in [9.17, 15) is 4.79 Å². The normalized spacial score (nSPS) is 12.8. The van der Waals surface area contributed by atoms with Crippen LogP contribution >= 0.6 is 11.6 Å². The van der Waals surface area contributed by atoms with E-state index in [2.05, 4.69) is 0 Å². The molecule has 0 heterocycles. The van der Waals surface area contributed by atoms with E-state index >= 15 is 0 Å². The molecule has 0 aliphatic heterocycles. The topological polar surface area (TPSA) is 20.3 Å². The van der Waals surface area contributed by atoms with Gasteiger partial charge >= 0.3 is 0 Å². The zero-order valence-corrected chi connectivity index (χ0v) is 7.48. The maximum absolute atomic E-state index is 10.6. The smallest absolute Gasteiger partial charge is 0.219 e. The van der Waals surface area contributed by atoms with E-state index in [0.717, 1.165) is 13.0 Å². The van der Waals surface area contributed by atoms with Crippen molar-refractivity contribution < 1.29 is 4.79 Å². The van der Waals surface area contributed by atoms with Crippen molar-refractivity contribution in [1.29, 1.82) is 0 Å². The summed E-state index contributed by atoms with van der Waals surface area (Å²) in [4.78, 5) is 12.3. The van der Waals surface area contributed by atoms with Gasteiger partial charge in [0.15, 0.2) is 0 Å². The van der Waals surface area contributed by atoms with Gasteiger partial charge < -0.3 is 4.90 Å². The molecule has 3 heteroatoms. The molecule has 1 amide bonds. The summed E-state index contributed by atoms with van der Waals surface area (Å²) in [6.45, 7) is 4.23. The van der Waals surface area contributed by atoms with Crippen LogP contribution in [0.25, 0.3) is 0 Å². The predicted molar refractivity (Wildman–Crippen MR) is 43.2 cm³/mol. The summed E-state index contributed by atoms with van der Waals surface area (Å²) in [6, 6.07) is 0. The van der Waals surface area contributed by atoms with Gasteiger partial charge in [0.25, 0.3) is 0 Å². The van der Waals surface area contributed by atoms with Crippen LogP contribution in [0.3, 0.4) is 0 Å². The average molecular weight is 164 g/mol. The third-order valence-corrected chi connectivity index (χ3v) is 1.62. The molecule has 0 saturated heterocycles. The first-order valence-electron chi connectivity index (χ1n) is 3.39. The summed E-state index contributed by atoms with van der Waals surface area (Å²) in [5.74, 6) is 0.0947. The number of amides is 1. The van der Waals surface area contributed by atoms with Crippen LogP contribution in [0, 0.1) is 0 Å². The van der Waals surface area contributed by atoms with Crippen molar-refractivity contribution in [3.8, 4) is 0 Å². The molecular weight excluding hydrogens is 150 g/mol. The van der Waals surface area contributed by atoms with Gasteiger partial charge in [0.1, 0.15) is 0 Å². The second-order valence-electron chi connectivity index (χ2n) is 2.51. The largest absolute Gasteiger partial charge is 0.346 e. The van der Waals surface area contributed by atoms with E-state index in [1.807, 2.05) is 6.92 Å². The number of nitrogens with zero attached hydrogens (tertiary/aromatic N) is 1. The van der Waals surface area contributed by atoms with Gasteiger partial charge in [-0.1, -0.05) is 0 Å². The van der Waals surface area contributed by atoms with Crippen molar-refractivity contribution in [3.63, 3.8) is 0 Å². The maximum Gasteiger partial charge on any atom is 0.219 e. The highest BCUT2D eigenvalue weighted by molar-refractivity contribution is 6.20. The Bertz CT molecular complexity index is 114. The SMILES string of the molecule is CC(=O)N(C)CCC(C)Cl. The lowest BCUT2D eigenvalue weighted by molar-refractivity contribution is -0.127. The highest BCUT2D eigenvalue weighted by Gasteiger charge is 2.02. The van der Waals surface area contributed by atoms with E-state index in [4.69, 9.17) is 11.6 Å². The molecule has 0 aliphatic carbocycles. The van der Waals surface area contributed by atoms with Gasteiger partial charge in [-0.05, 0) is 13.3 Å². The van der Waals surface area contributed by atoms with Crippen molar-refractivity contribution in [1.82, 2.24) is 4.90 Å². The standard InChI is InChI=1S/C7H14ClNO/c1-6(8)4-5-9(3)7(2)10/h6H,4-5H2,1-3H3. The van der Waals surface area contributed by atoms with Crippen LogP contribution in [0.1, 0.15) is 20.3 Å². The Morgan fingerprint density at radius 1 is 1.70 bits per heavy atom. The Labute approximate surface area is 67.2 Å². The molecule has 10 heavy (non-hydrogen) atoms. The molecule has 0 aromatic heterocycles. The summed E-state index contributed by atoms with van der Waals surface area (Å²) in [7, 11) is 1.78. The van der Waals surface area contributed by atoms with E-state index in [0.29, 0.717) is 0 Å². The Morgan fingerprint density at radius 2 is 2.20 bits per heavy atom. The van der Waals surface area contributed by atoms with Crippen LogP contribution < -0.4 is 0 Å². The zero-order valence-electron chi connectivity index (χ0n) is 6.72. The Hall–Kier alpha value is -0.240. The average Bonchev–Trinajstić information content (AvgIpc) is 1.82. The molecular formula is C7H14ClNO. The van der Waals surface area contributed by atoms with Crippen LogP contribution in [-0.2, 0) is 4.79 Å². The number of halogens is 1. The fraction of sp³-hybridized carbons (Fsp3) is 0.857. The van der Waals surface area contributed by atoms with Gasteiger partial charge in [-0.3, -0.25) is 4.79 Å². The highest BCUT2D eigenvalue weighted by Crippen LogP contribution is 2.00. The van der Waals surface area contributed by atoms with Crippen molar-refractivity contribution >= 4 is 17.5 Å². The molecule has 0 spiro atoms. The molecule has 0 aliphatic rings. The Morgan fingerprint density at radius 3 is 2.50 bits per heavy atom. The quantitative estimate of drug-likeness (QED) is 0.578. The van der Waals surface area contributed by atoms with E-state index in [1.165, 1.54) is 0 Å². The zero-order chi connectivity index (χ0) is 8.15. The van der Waals surface area contributed by atoms with Crippen LogP contribution in [0.15, 0.2) is 0 Å². The summed E-state index contributed by atoms with van der Waals surface area (Å²) < 4.78 is 0. The lowest BCUT2D eigenvalue weighted by atomic mass is 10.3. The molecule has 0 aromatic carbocycles. The van der Waals surface area contributed by atoms with E-state index < -0.39 is 0 Å². The van der Waals surface area contributed by atoms with Crippen molar-refractivity contribution in [2.24, 2.45) is 0 Å². The number of carbonyl (C=O) groups is 1. The Balaban J connectivity index is 3.40. The summed E-state index contributed by atoms with van der Waals surface area (Å²) in [5, 5.41) is 0.154. The van der Waals surface area contributed by atoms with Gasteiger partial charge in [-0.25, -0.2) is 0 Å². The molecule has 0 radical (unpaired) electrons. The number of hydrogen-bond acceptors (Lipinski definition) is 1. The molecule has 1 atom stereocenters. The summed E-state index contributed by atoms with van der Waals surface area (Å²) >= 11 is 5.69. The predicted octanol–water partition coefficient (Wildman–Crippen LogP) is 1.48. The fourth-order valence-corrected chi connectivity index (χ4v) is 0.627. The van der Waals surface area contributed by atoms with Crippen molar-refractivity contribution in [2.45, 2.75) is 25.6 Å². The second-order valence-corrected chi connectivity index (χ2v) is 3.26. The van der Waals surface area contributed by atoms with Crippen LogP contribution in [0.5, 0.6) is 0 Å². The third-order valence-electron chi connectivity index (χ3n) is 1.40. The first-order valence-corrected chi connectivity index (χ1v) is 3.83. The monoisotopic (exact) mass is 163 g/mol. The lowest BCUT2D eigenvalue weighted by Crippen LogP contribution is -2.26. The number of rotatable bonds is 3. The summed E-state index contributed by atoms with van der Waals surface area (Å²) in [6.07, 6.45) is 0.859. The van der Waals surface area contributed by atoms with Gasteiger partial charge in [0, 0.05) is 25.9 Å². The minimum absolute atomic E-state index is 0.0947. The van der Waals surface area contributed by atoms with Crippen LogP contribution in [0.2, 0.25) is 0 Å². The fourth-order valence-electron chi connectivity index (χ4n) is 0.529. The van der Waals surface area contributed by atoms with Crippen molar-refractivity contribution in [3.05, 3.63) is 0 Å². The molecule has 0 rings (SSSR count). The van der Waals surface area contributed by atoms with E-state index in [-0.39, 0.29) is 11.3 Å². The first kappa shape index (κ1) is 9.76.